The SMILES string of the molecule is COC(=O)C1=C(C)N=c2s/c(=C\c3ccc(OCc4ccccc4Cl)c(OC)c3)c(=O)n2[C@@H]1c1cc(Cl)ccc1OC. The van der Waals surface area contributed by atoms with Crippen LogP contribution in [0.2, 0.25) is 10.0 Å². The van der Waals surface area contributed by atoms with Crippen molar-refractivity contribution in [1.82, 2.24) is 4.57 Å². The Morgan fingerprint density at radius 1 is 1.00 bits per heavy atom. The van der Waals surface area contributed by atoms with E-state index >= 15 is 0 Å². The molecule has 0 N–H and O–H groups in total. The number of hydrogen-bond donors (Lipinski definition) is 0. The lowest BCUT2D eigenvalue weighted by Gasteiger charge is -2.25. The van der Waals surface area contributed by atoms with E-state index in [2.05, 4.69) is 4.99 Å². The molecule has 0 saturated heterocycles. The van der Waals surface area contributed by atoms with Crippen molar-refractivity contribution in [3.05, 3.63) is 118 Å². The van der Waals surface area contributed by atoms with Gasteiger partial charge < -0.3 is 18.9 Å². The standard InChI is InChI=1S/C31H26Cl2N2O6S/c1-17-27(30(37)40-4)28(21-15-20(32)10-12-23(21)38-2)35-29(36)26(42-31(35)34-17)14-18-9-11-24(25(13-18)39-3)41-16-19-7-5-6-8-22(19)33/h5-15,28H,16H2,1-4H3/b26-14-/t28-/m1/s1. The summed E-state index contributed by atoms with van der Waals surface area (Å²) in [4.78, 5) is 31.9. The zero-order valence-corrected chi connectivity index (χ0v) is 25.5. The molecule has 0 spiro atoms. The summed E-state index contributed by atoms with van der Waals surface area (Å²) in [6.45, 7) is 1.97. The zero-order valence-electron chi connectivity index (χ0n) is 23.1. The molecule has 42 heavy (non-hydrogen) atoms. The first-order valence-corrected chi connectivity index (χ1v) is 14.3. The number of esters is 1. The second kappa shape index (κ2) is 12.4. The summed E-state index contributed by atoms with van der Waals surface area (Å²) in [5, 5.41) is 1.04. The third-order valence-corrected chi connectivity index (χ3v) is 8.33. The number of aromatic nitrogens is 1. The number of carbonyl (C=O) groups is 1. The topological polar surface area (TPSA) is 88.4 Å². The van der Waals surface area contributed by atoms with E-state index < -0.39 is 12.0 Å². The van der Waals surface area contributed by atoms with Gasteiger partial charge >= 0.3 is 5.97 Å². The van der Waals surface area contributed by atoms with Gasteiger partial charge in [-0.1, -0.05) is 58.8 Å². The summed E-state index contributed by atoms with van der Waals surface area (Å²) in [7, 11) is 4.35. The number of allylic oxidation sites excluding steroid dienone is 1. The van der Waals surface area contributed by atoms with Gasteiger partial charge in [-0.05, 0) is 55.0 Å². The Bertz CT molecular complexity index is 1900. The highest BCUT2D eigenvalue weighted by atomic mass is 35.5. The van der Waals surface area contributed by atoms with Crippen LogP contribution in [0.1, 0.15) is 29.7 Å². The van der Waals surface area contributed by atoms with E-state index in [0.29, 0.717) is 53.5 Å². The Kier molecular flexibility index (Phi) is 8.72. The van der Waals surface area contributed by atoms with Crippen LogP contribution in [0.5, 0.6) is 17.2 Å². The fraction of sp³-hybridized carbons (Fsp3) is 0.194. The molecule has 3 aromatic carbocycles. The van der Waals surface area contributed by atoms with Gasteiger partial charge in [-0.3, -0.25) is 9.36 Å². The van der Waals surface area contributed by atoms with Crippen molar-refractivity contribution >= 4 is 46.6 Å². The number of carbonyl (C=O) groups excluding carboxylic acids is 1. The van der Waals surface area contributed by atoms with Gasteiger partial charge in [0.1, 0.15) is 18.4 Å². The van der Waals surface area contributed by atoms with Gasteiger partial charge in [-0.25, -0.2) is 9.79 Å². The third kappa shape index (κ3) is 5.68. The van der Waals surface area contributed by atoms with Gasteiger partial charge in [0.15, 0.2) is 16.3 Å². The number of hydrogen-bond acceptors (Lipinski definition) is 8. The highest BCUT2D eigenvalue weighted by molar-refractivity contribution is 7.07. The van der Waals surface area contributed by atoms with Crippen molar-refractivity contribution in [2.45, 2.75) is 19.6 Å². The summed E-state index contributed by atoms with van der Waals surface area (Å²) in [5.74, 6) is 0.887. The lowest BCUT2D eigenvalue weighted by molar-refractivity contribution is -0.136. The first kappa shape index (κ1) is 29.4. The van der Waals surface area contributed by atoms with Crippen molar-refractivity contribution in [1.29, 1.82) is 0 Å². The molecule has 11 heteroatoms. The Balaban J connectivity index is 1.59. The minimum atomic E-state index is -0.861. The average Bonchev–Trinajstić information content (AvgIpc) is 3.29. The molecule has 0 bridgehead atoms. The smallest absolute Gasteiger partial charge is 0.338 e. The monoisotopic (exact) mass is 624 g/mol. The van der Waals surface area contributed by atoms with Crippen LogP contribution in [0.4, 0.5) is 0 Å². The van der Waals surface area contributed by atoms with Crippen molar-refractivity contribution in [2.75, 3.05) is 21.3 Å². The van der Waals surface area contributed by atoms with E-state index in [9.17, 15) is 9.59 Å². The van der Waals surface area contributed by atoms with E-state index in [4.69, 9.17) is 42.1 Å². The quantitative estimate of drug-likeness (QED) is 0.247. The Morgan fingerprint density at radius 3 is 2.45 bits per heavy atom. The molecular formula is C31H26Cl2N2O6S. The van der Waals surface area contributed by atoms with E-state index in [-0.39, 0.29) is 17.7 Å². The number of halogens is 2. The van der Waals surface area contributed by atoms with E-state index in [0.717, 1.165) is 5.56 Å². The van der Waals surface area contributed by atoms with Crippen LogP contribution in [0.3, 0.4) is 0 Å². The maximum atomic E-state index is 13.9. The van der Waals surface area contributed by atoms with Gasteiger partial charge in [0, 0.05) is 21.2 Å². The van der Waals surface area contributed by atoms with Crippen LogP contribution < -0.4 is 29.1 Å². The highest BCUT2D eigenvalue weighted by Crippen LogP contribution is 2.37. The summed E-state index contributed by atoms with van der Waals surface area (Å²) >= 11 is 13.8. The molecule has 1 aliphatic heterocycles. The largest absolute Gasteiger partial charge is 0.496 e. The normalized spacial score (nSPS) is 14.7. The first-order chi connectivity index (χ1) is 20.2. The third-order valence-electron chi connectivity index (χ3n) is 6.74. The van der Waals surface area contributed by atoms with Crippen molar-refractivity contribution in [2.24, 2.45) is 4.99 Å². The molecule has 0 radical (unpaired) electrons. The molecule has 216 valence electrons. The fourth-order valence-electron chi connectivity index (χ4n) is 4.72. The molecule has 0 unspecified atom stereocenters. The molecule has 0 aliphatic carbocycles. The number of nitrogens with zero attached hydrogens (tertiary/aromatic N) is 2. The van der Waals surface area contributed by atoms with Crippen LogP contribution in [-0.2, 0) is 16.1 Å². The van der Waals surface area contributed by atoms with Crippen LogP contribution in [0.25, 0.3) is 6.08 Å². The number of fused-ring (bicyclic) bond motifs is 1. The van der Waals surface area contributed by atoms with Gasteiger partial charge in [-0.2, -0.15) is 0 Å². The first-order valence-electron chi connectivity index (χ1n) is 12.7. The molecule has 5 rings (SSSR count). The van der Waals surface area contributed by atoms with E-state index in [1.807, 2.05) is 24.3 Å². The van der Waals surface area contributed by atoms with Gasteiger partial charge in [0.2, 0.25) is 0 Å². The van der Waals surface area contributed by atoms with Crippen LogP contribution in [0.15, 0.2) is 81.7 Å². The lowest BCUT2D eigenvalue weighted by atomic mass is 9.95. The minimum absolute atomic E-state index is 0.221. The second-order valence-electron chi connectivity index (χ2n) is 9.25. The summed E-state index contributed by atoms with van der Waals surface area (Å²) in [6.07, 6.45) is 1.74. The minimum Gasteiger partial charge on any atom is -0.496 e. The number of methoxy groups -OCH3 is 3. The molecule has 8 nitrogen and oxygen atoms in total. The molecule has 0 amide bonds. The Hall–Kier alpha value is -4.05. The van der Waals surface area contributed by atoms with Gasteiger partial charge in [0.05, 0.1) is 37.1 Å². The maximum Gasteiger partial charge on any atom is 0.338 e. The number of thiazole rings is 1. The molecule has 1 aromatic heterocycles. The molecule has 1 atom stereocenters. The van der Waals surface area contributed by atoms with Crippen molar-refractivity contribution in [3.8, 4) is 17.2 Å². The molecule has 1 aliphatic rings. The van der Waals surface area contributed by atoms with Crippen LogP contribution in [-0.4, -0.2) is 31.9 Å². The average molecular weight is 626 g/mol. The molecule has 0 saturated carbocycles. The summed E-state index contributed by atoms with van der Waals surface area (Å²) in [5.41, 5.74) is 2.41. The maximum absolute atomic E-state index is 13.9. The molecule has 2 heterocycles. The Morgan fingerprint density at radius 2 is 1.74 bits per heavy atom. The molecular weight excluding hydrogens is 599 g/mol. The van der Waals surface area contributed by atoms with Crippen molar-refractivity contribution < 1.29 is 23.7 Å². The number of rotatable bonds is 8. The van der Waals surface area contributed by atoms with Crippen molar-refractivity contribution in [3.63, 3.8) is 0 Å². The predicted octanol–water partition coefficient (Wildman–Crippen LogP) is 5.31. The fourth-order valence-corrected chi connectivity index (χ4v) is 6.14. The lowest BCUT2D eigenvalue weighted by Crippen LogP contribution is -2.40. The van der Waals surface area contributed by atoms with Crippen LogP contribution in [0, 0.1) is 0 Å². The number of ether oxygens (including phenoxy) is 4. The molecule has 0 fully saturated rings. The Labute approximate surface area is 255 Å². The van der Waals surface area contributed by atoms with E-state index in [1.54, 1.807) is 56.5 Å². The van der Waals surface area contributed by atoms with Gasteiger partial charge in [0.25, 0.3) is 5.56 Å². The molecule has 4 aromatic rings. The van der Waals surface area contributed by atoms with Gasteiger partial charge in [-0.15, -0.1) is 0 Å². The number of benzene rings is 3. The van der Waals surface area contributed by atoms with Crippen LogP contribution >= 0.6 is 34.5 Å². The highest BCUT2D eigenvalue weighted by Gasteiger charge is 2.35. The predicted molar refractivity (Wildman–Crippen MR) is 163 cm³/mol. The van der Waals surface area contributed by atoms with E-state index in [1.165, 1.54) is 30.1 Å². The summed E-state index contributed by atoms with van der Waals surface area (Å²) in [6, 6.07) is 17.0. The second-order valence-corrected chi connectivity index (χ2v) is 11.1. The zero-order chi connectivity index (χ0) is 30.0. The summed E-state index contributed by atoms with van der Waals surface area (Å²) < 4.78 is 24.1.